The molecule has 0 amide bonds. The first kappa shape index (κ1) is 20.1. The van der Waals surface area contributed by atoms with Gasteiger partial charge in [-0.05, 0) is 39.3 Å². The number of rotatable bonds is 5. The molecule has 0 radical (unpaired) electrons. The molecule has 3 rings (SSSR count). The average molecular weight is 380 g/mol. The van der Waals surface area contributed by atoms with Crippen LogP contribution in [0.25, 0.3) is 22.6 Å². The van der Waals surface area contributed by atoms with E-state index in [4.69, 9.17) is 5.73 Å². The number of imidazole rings is 1. The fourth-order valence-electron chi connectivity index (χ4n) is 2.75. The van der Waals surface area contributed by atoms with Gasteiger partial charge >= 0.3 is 0 Å². The molecule has 0 saturated carbocycles. The Hall–Kier alpha value is -2.25. The lowest BCUT2D eigenvalue weighted by atomic mass is 10.0. The normalized spacial score (nSPS) is 11.6. The molecule has 0 aliphatic rings. The number of hydrogen-bond acceptors (Lipinski definition) is 5. The monoisotopic (exact) mass is 379 g/mol. The summed E-state index contributed by atoms with van der Waals surface area (Å²) >= 11 is 0. The molecule has 1 aromatic carbocycles. The molecule has 8 heteroatoms. The zero-order chi connectivity index (χ0) is 18.2. The Morgan fingerprint density at radius 1 is 1.23 bits per heavy atom. The molecule has 0 saturated heterocycles. The van der Waals surface area contributed by atoms with E-state index in [0.29, 0.717) is 53.6 Å². The topological polar surface area (TPSA) is 89.9 Å². The van der Waals surface area contributed by atoms with E-state index < -0.39 is 5.60 Å². The van der Waals surface area contributed by atoms with Gasteiger partial charge in [0.05, 0.1) is 5.60 Å². The number of anilines is 1. The van der Waals surface area contributed by atoms with Gasteiger partial charge < -0.3 is 15.4 Å². The largest absolute Gasteiger partial charge is 0.390 e. The van der Waals surface area contributed by atoms with E-state index in [9.17, 15) is 9.50 Å². The van der Waals surface area contributed by atoms with E-state index >= 15 is 0 Å². The molecule has 3 N–H and O–H groups in total. The minimum atomic E-state index is -0.801. The zero-order valence-corrected chi connectivity index (χ0v) is 15.8. The molecule has 140 valence electrons. The van der Waals surface area contributed by atoms with E-state index in [-0.39, 0.29) is 18.2 Å². The van der Waals surface area contributed by atoms with Gasteiger partial charge in [0.15, 0.2) is 17.0 Å². The van der Waals surface area contributed by atoms with Crippen LogP contribution in [0, 0.1) is 5.82 Å². The molecular formula is C18H23ClFN5O. The molecule has 3 aromatic rings. The number of hydrogen-bond donors (Lipinski definition) is 2. The van der Waals surface area contributed by atoms with Gasteiger partial charge in [0.1, 0.15) is 17.5 Å². The molecule has 2 heterocycles. The number of aryl methyl sites for hydroxylation is 2. The predicted molar refractivity (Wildman–Crippen MR) is 103 cm³/mol. The first-order valence-corrected chi connectivity index (χ1v) is 8.29. The van der Waals surface area contributed by atoms with Gasteiger partial charge in [-0.3, -0.25) is 0 Å². The van der Waals surface area contributed by atoms with Crippen molar-refractivity contribution in [2.45, 2.75) is 45.8 Å². The highest BCUT2D eigenvalue weighted by Gasteiger charge is 2.19. The second-order valence-electron chi connectivity index (χ2n) is 6.70. The number of aromatic nitrogens is 4. The third-order valence-electron chi connectivity index (χ3n) is 4.03. The Labute approximate surface area is 157 Å². The number of nitrogens with two attached hydrogens (primary N) is 1. The number of benzene rings is 1. The number of nitrogens with zero attached hydrogens (tertiary/aromatic N) is 4. The SMILES string of the molecule is CCn1c(-c2cccc(F)c2)nc2c(N)nc(CCC(C)(C)O)nc21.Cl. The van der Waals surface area contributed by atoms with Crippen molar-refractivity contribution >= 4 is 29.4 Å². The summed E-state index contributed by atoms with van der Waals surface area (Å²) in [6.07, 6.45) is 1.03. The zero-order valence-electron chi connectivity index (χ0n) is 15.0. The maximum Gasteiger partial charge on any atom is 0.166 e. The van der Waals surface area contributed by atoms with Gasteiger partial charge in [0.2, 0.25) is 0 Å². The van der Waals surface area contributed by atoms with Crippen LogP contribution in [0.1, 0.15) is 33.0 Å². The van der Waals surface area contributed by atoms with Gasteiger partial charge in [0, 0.05) is 18.5 Å². The van der Waals surface area contributed by atoms with E-state index in [1.807, 2.05) is 11.5 Å². The standard InChI is InChI=1S/C18H22FN5O.ClH/c1-4-24-16(11-6-5-7-12(19)10-11)23-14-15(20)21-13(22-17(14)24)8-9-18(2,3)25;/h5-7,10,25H,4,8-9H2,1-3H3,(H2,20,21,22);1H. The van der Waals surface area contributed by atoms with Crippen molar-refractivity contribution < 1.29 is 9.50 Å². The molecule has 0 bridgehead atoms. The Kier molecular flexibility index (Phi) is 5.83. The summed E-state index contributed by atoms with van der Waals surface area (Å²) in [6.45, 7) is 6.07. The Morgan fingerprint density at radius 3 is 2.58 bits per heavy atom. The van der Waals surface area contributed by atoms with Crippen LogP contribution in [0.15, 0.2) is 24.3 Å². The van der Waals surface area contributed by atoms with Gasteiger partial charge in [-0.2, -0.15) is 0 Å². The highest BCUT2D eigenvalue weighted by atomic mass is 35.5. The van der Waals surface area contributed by atoms with Gasteiger partial charge in [-0.15, -0.1) is 12.4 Å². The molecule has 0 aliphatic carbocycles. The molecule has 6 nitrogen and oxygen atoms in total. The van der Waals surface area contributed by atoms with Crippen molar-refractivity contribution in [1.82, 2.24) is 19.5 Å². The van der Waals surface area contributed by atoms with Crippen LogP contribution in [0.2, 0.25) is 0 Å². The molecule has 2 aromatic heterocycles. The van der Waals surface area contributed by atoms with Crippen LogP contribution in [0.4, 0.5) is 10.2 Å². The lowest BCUT2D eigenvalue weighted by Crippen LogP contribution is -2.20. The summed E-state index contributed by atoms with van der Waals surface area (Å²) in [7, 11) is 0. The van der Waals surface area contributed by atoms with E-state index in [0.717, 1.165) is 0 Å². The van der Waals surface area contributed by atoms with Gasteiger partial charge in [-0.25, -0.2) is 19.3 Å². The average Bonchev–Trinajstić information content (AvgIpc) is 2.91. The van der Waals surface area contributed by atoms with Crippen molar-refractivity contribution in [1.29, 1.82) is 0 Å². The van der Waals surface area contributed by atoms with Crippen LogP contribution in [-0.2, 0) is 13.0 Å². The number of halogens is 2. The van der Waals surface area contributed by atoms with E-state index in [1.54, 1.807) is 26.0 Å². The summed E-state index contributed by atoms with van der Waals surface area (Å²) in [5, 5.41) is 9.90. The smallest absolute Gasteiger partial charge is 0.166 e. The minimum absolute atomic E-state index is 0. The van der Waals surface area contributed by atoms with Gasteiger partial charge in [0.25, 0.3) is 0 Å². The quantitative estimate of drug-likeness (QED) is 0.709. The van der Waals surface area contributed by atoms with Crippen molar-refractivity contribution in [3.8, 4) is 11.4 Å². The molecule has 0 aliphatic heterocycles. The number of fused-ring (bicyclic) bond motifs is 1. The first-order valence-electron chi connectivity index (χ1n) is 8.29. The number of aliphatic hydroxyl groups is 1. The van der Waals surface area contributed by atoms with Crippen molar-refractivity contribution in [2.75, 3.05) is 5.73 Å². The van der Waals surface area contributed by atoms with Crippen molar-refractivity contribution in [3.63, 3.8) is 0 Å². The minimum Gasteiger partial charge on any atom is -0.390 e. The highest BCUT2D eigenvalue weighted by molar-refractivity contribution is 5.86. The number of nitrogen functional groups attached to an aromatic ring is 1. The van der Waals surface area contributed by atoms with Crippen LogP contribution in [0.5, 0.6) is 0 Å². The molecule has 0 atom stereocenters. The third kappa shape index (κ3) is 4.11. The Morgan fingerprint density at radius 2 is 1.96 bits per heavy atom. The third-order valence-corrected chi connectivity index (χ3v) is 4.03. The summed E-state index contributed by atoms with van der Waals surface area (Å²) < 4.78 is 15.5. The van der Waals surface area contributed by atoms with E-state index in [2.05, 4.69) is 15.0 Å². The lowest BCUT2D eigenvalue weighted by molar-refractivity contribution is 0.0708. The van der Waals surface area contributed by atoms with Crippen LogP contribution < -0.4 is 5.73 Å². The molecule has 0 spiro atoms. The second-order valence-corrected chi connectivity index (χ2v) is 6.70. The molecule has 26 heavy (non-hydrogen) atoms. The molecule has 0 unspecified atom stereocenters. The predicted octanol–water partition coefficient (Wildman–Crippen LogP) is 3.36. The molecular weight excluding hydrogens is 357 g/mol. The van der Waals surface area contributed by atoms with Crippen LogP contribution in [0.3, 0.4) is 0 Å². The van der Waals surface area contributed by atoms with Gasteiger partial charge in [-0.1, -0.05) is 12.1 Å². The maximum atomic E-state index is 13.6. The van der Waals surface area contributed by atoms with Crippen molar-refractivity contribution in [3.05, 3.63) is 35.9 Å². The summed E-state index contributed by atoms with van der Waals surface area (Å²) in [6, 6.07) is 6.28. The summed E-state index contributed by atoms with van der Waals surface area (Å²) in [5.74, 6) is 1.14. The summed E-state index contributed by atoms with van der Waals surface area (Å²) in [5.41, 5.74) is 7.07. The fraction of sp³-hybridized carbons (Fsp3) is 0.389. The highest BCUT2D eigenvalue weighted by Crippen LogP contribution is 2.27. The van der Waals surface area contributed by atoms with Crippen molar-refractivity contribution in [2.24, 2.45) is 0 Å². The Balaban J connectivity index is 0.00000243. The lowest BCUT2D eigenvalue weighted by Gasteiger charge is -2.16. The van der Waals surface area contributed by atoms with Crippen LogP contribution in [-0.4, -0.2) is 30.2 Å². The van der Waals surface area contributed by atoms with Crippen LogP contribution >= 0.6 is 12.4 Å². The Bertz CT molecular complexity index is 920. The van der Waals surface area contributed by atoms with E-state index in [1.165, 1.54) is 12.1 Å². The fourth-order valence-corrected chi connectivity index (χ4v) is 2.75. The second kappa shape index (κ2) is 7.55. The molecule has 0 fully saturated rings. The summed E-state index contributed by atoms with van der Waals surface area (Å²) in [4.78, 5) is 13.4. The maximum absolute atomic E-state index is 13.6. The first-order chi connectivity index (χ1) is 11.8.